The minimum absolute atomic E-state index is 0.0276. The van der Waals surface area contributed by atoms with E-state index >= 15 is 0 Å². The number of rotatable bonds is 7. The zero-order valence-electron chi connectivity index (χ0n) is 14.3. The largest absolute Gasteiger partial charge is 0.480 e. The van der Waals surface area contributed by atoms with Crippen LogP contribution in [-0.4, -0.2) is 77.4 Å². The van der Waals surface area contributed by atoms with Gasteiger partial charge in [0.1, 0.15) is 0 Å². The lowest BCUT2D eigenvalue weighted by atomic mass is 9.85. The number of hydrogen-bond acceptors (Lipinski definition) is 4. The molecule has 1 saturated heterocycles. The molecule has 1 aliphatic carbocycles. The van der Waals surface area contributed by atoms with E-state index in [0.29, 0.717) is 13.2 Å². The van der Waals surface area contributed by atoms with Crippen molar-refractivity contribution in [3.63, 3.8) is 0 Å². The van der Waals surface area contributed by atoms with Gasteiger partial charge in [0.15, 0.2) is 0 Å². The molecule has 1 saturated carbocycles. The third-order valence-corrected chi connectivity index (χ3v) is 4.79. The summed E-state index contributed by atoms with van der Waals surface area (Å²) in [6, 6.07) is 0.657. The van der Waals surface area contributed by atoms with Gasteiger partial charge in [0.25, 0.3) is 0 Å². The minimum Gasteiger partial charge on any atom is -0.480 e. The highest BCUT2D eigenvalue weighted by atomic mass is 16.5. The maximum Gasteiger partial charge on any atom is 0.318 e. The van der Waals surface area contributed by atoms with Gasteiger partial charge in [-0.1, -0.05) is 6.92 Å². The van der Waals surface area contributed by atoms with Crippen LogP contribution in [-0.2, 0) is 9.53 Å². The number of nitrogens with one attached hydrogen (secondary N) is 1. The van der Waals surface area contributed by atoms with E-state index in [1.165, 1.54) is 0 Å². The average Bonchev–Trinajstić information content (AvgIpc) is 2.93. The van der Waals surface area contributed by atoms with E-state index in [2.05, 4.69) is 5.32 Å². The van der Waals surface area contributed by atoms with E-state index in [9.17, 15) is 9.59 Å². The number of carbonyl (C=O) groups excluding carboxylic acids is 1. The van der Waals surface area contributed by atoms with Crippen molar-refractivity contribution in [1.82, 2.24) is 15.1 Å². The number of carboxylic acid groups (broad SMARTS) is 1. The summed E-state index contributed by atoms with van der Waals surface area (Å²) in [7, 11) is 0. The van der Waals surface area contributed by atoms with Gasteiger partial charge < -0.3 is 20.1 Å². The molecule has 2 rings (SSSR count). The first-order chi connectivity index (χ1) is 10.9. The van der Waals surface area contributed by atoms with Gasteiger partial charge in [-0.15, -0.1) is 0 Å². The predicted molar refractivity (Wildman–Crippen MR) is 86.4 cm³/mol. The Morgan fingerprint density at radius 1 is 1.30 bits per heavy atom. The van der Waals surface area contributed by atoms with Crippen LogP contribution in [0.3, 0.4) is 0 Å². The number of urea groups is 1. The van der Waals surface area contributed by atoms with E-state index in [1.807, 2.05) is 30.6 Å². The molecule has 7 nitrogen and oxygen atoms in total. The van der Waals surface area contributed by atoms with Gasteiger partial charge in [0, 0.05) is 24.7 Å². The standard InChI is InChI=1S/C16H29N3O4/c1-4-18(9-15(20)21)14-7-12(8-14)17-16(22)19(11(2)3)13-5-6-23-10-13/h11-14H,4-10H2,1-3H3,(H,17,22)(H,20,21). The van der Waals surface area contributed by atoms with Crippen LogP contribution < -0.4 is 5.32 Å². The number of carboxylic acids is 1. The number of carbonyl (C=O) groups is 2. The highest BCUT2D eigenvalue weighted by molar-refractivity contribution is 5.75. The molecular weight excluding hydrogens is 298 g/mol. The van der Waals surface area contributed by atoms with E-state index < -0.39 is 5.97 Å². The van der Waals surface area contributed by atoms with Crippen LogP contribution in [0.5, 0.6) is 0 Å². The Morgan fingerprint density at radius 3 is 2.48 bits per heavy atom. The number of ether oxygens (including phenoxy) is 1. The fraction of sp³-hybridized carbons (Fsp3) is 0.875. The first-order valence-electron chi connectivity index (χ1n) is 8.54. The Bertz CT molecular complexity index is 418. The average molecular weight is 327 g/mol. The minimum atomic E-state index is -0.799. The topological polar surface area (TPSA) is 82.1 Å². The van der Waals surface area contributed by atoms with Gasteiger partial charge in [-0.3, -0.25) is 9.69 Å². The number of hydrogen-bond donors (Lipinski definition) is 2. The van der Waals surface area contributed by atoms with Gasteiger partial charge in [0.05, 0.1) is 19.2 Å². The van der Waals surface area contributed by atoms with Gasteiger partial charge in [-0.25, -0.2) is 4.79 Å². The number of nitrogens with zero attached hydrogens (tertiary/aromatic N) is 2. The maximum absolute atomic E-state index is 12.6. The molecule has 0 bridgehead atoms. The highest BCUT2D eigenvalue weighted by Crippen LogP contribution is 2.26. The van der Waals surface area contributed by atoms with E-state index in [0.717, 1.165) is 25.8 Å². The lowest BCUT2D eigenvalue weighted by Gasteiger charge is -2.43. The Morgan fingerprint density at radius 2 is 2.00 bits per heavy atom. The molecule has 0 aromatic heterocycles. The van der Waals surface area contributed by atoms with Crippen LogP contribution in [0.15, 0.2) is 0 Å². The number of likely N-dealkylation sites (N-methyl/N-ethyl adjacent to an activating group) is 1. The predicted octanol–water partition coefficient (Wildman–Crippen LogP) is 1.13. The van der Waals surface area contributed by atoms with Crippen molar-refractivity contribution in [2.45, 2.75) is 64.2 Å². The van der Waals surface area contributed by atoms with Crippen molar-refractivity contribution in [3.8, 4) is 0 Å². The molecule has 1 heterocycles. The second-order valence-electron chi connectivity index (χ2n) is 6.75. The first-order valence-corrected chi connectivity index (χ1v) is 8.54. The van der Waals surface area contributed by atoms with Crippen molar-refractivity contribution in [2.24, 2.45) is 0 Å². The summed E-state index contributed by atoms with van der Waals surface area (Å²) < 4.78 is 5.40. The summed E-state index contributed by atoms with van der Waals surface area (Å²) in [5, 5.41) is 12.0. The van der Waals surface area contributed by atoms with Gasteiger partial charge in [-0.2, -0.15) is 0 Å². The third kappa shape index (κ3) is 4.57. The van der Waals surface area contributed by atoms with Crippen LogP contribution >= 0.6 is 0 Å². The molecule has 2 fully saturated rings. The Balaban J connectivity index is 1.81. The lowest BCUT2D eigenvalue weighted by molar-refractivity contribution is -0.139. The number of aliphatic carboxylic acids is 1. The van der Waals surface area contributed by atoms with Crippen molar-refractivity contribution in [2.75, 3.05) is 26.3 Å². The molecule has 2 N–H and O–H groups in total. The van der Waals surface area contributed by atoms with Crippen LogP contribution in [0.2, 0.25) is 0 Å². The number of amides is 2. The fourth-order valence-electron chi connectivity index (χ4n) is 3.49. The fourth-order valence-corrected chi connectivity index (χ4v) is 3.49. The summed E-state index contributed by atoms with van der Waals surface area (Å²) in [6.45, 7) is 8.12. The molecule has 2 aliphatic rings. The van der Waals surface area contributed by atoms with Crippen molar-refractivity contribution in [3.05, 3.63) is 0 Å². The van der Waals surface area contributed by atoms with E-state index in [-0.39, 0.29) is 36.7 Å². The third-order valence-electron chi connectivity index (χ3n) is 4.79. The molecule has 2 amide bonds. The SMILES string of the molecule is CCN(CC(=O)O)C1CC(NC(=O)N(C(C)C)C2CCOC2)C1. The van der Waals surface area contributed by atoms with Crippen molar-refractivity contribution < 1.29 is 19.4 Å². The molecule has 7 heteroatoms. The summed E-state index contributed by atoms with van der Waals surface area (Å²) in [5.74, 6) is -0.799. The summed E-state index contributed by atoms with van der Waals surface area (Å²) in [5.41, 5.74) is 0. The van der Waals surface area contributed by atoms with Crippen LogP contribution in [0, 0.1) is 0 Å². The summed E-state index contributed by atoms with van der Waals surface area (Å²) in [6.07, 6.45) is 2.53. The molecular formula is C16H29N3O4. The second-order valence-corrected chi connectivity index (χ2v) is 6.75. The molecule has 0 spiro atoms. The van der Waals surface area contributed by atoms with Crippen LogP contribution in [0.25, 0.3) is 0 Å². The first kappa shape index (κ1) is 18.0. The van der Waals surface area contributed by atoms with E-state index in [4.69, 9.17) is 9.84 Å². The van der Waals surface area contributed by atoms with Crippen LogP contribution in [0.1, 0.15) is 40.0 Å². The highest BCUT2D eigenvalue weighted by Gasteiger charge is 2.37. The van der Waals surface area contributed by atoms with Crippen LogP contribution in [0.4, 0.5) is 4.79 Å². The molecule has 23 heavy (non-hydrogen) atoms. The molecule has 0 radical (unpaired) electrons. The monoisotopic (exact) mass is 327 g/mol. The zero-order valence-corrected chi connectivity index (χ0v) is 14.3. The molecule has 1 atom stereocenters. The smallest absolute Gasteiger partial charge is 0.318 e. The molecule has 1 aliphatic heterocycles. The lowest BCUT2D eigenvalue weighted by Crippen LogP contribution is -2.59. The zero-order chi connectivity index (χ0) is 17.0. The summed E-state index contributed by atoms with van der Waals surface area (Å²) in [4.78, 5) is 27.2. The normalized spacial score (nSPS) is 27.1. The Labute approximate surface area is 138 Å². The Hall–Kier alpha value is -1.34. The molecule has 0 aromatic carbocycles. The quantitative estimate of drug-likeness (QED) is 0.732. The molecule has 132 valence electrons. The second kappa shape index (κ2) is 7.97. The van der Waals surface area contributed by atoms with Gasteiger partial charge in [-0.05, 0) is 39.7 Å². The summed E-state index contributed by atoms with van der Waals surface area (Å²) >= 11 is 0. The van der Waals surface area contributed by atoms with Crippen molar-refractivity contribution >= 4 is 12.0 Å². The molecule has 1 unspecified atom stereocenters. The maximum atomic E-state index is 12.6. The van der Waals surface area contributed by atoms with E-state index in [1.54, 1.807) is 0 Å². The van der Waals surface area contributed by atoms with Gasteiger partial charge >= 0.3 is 12.0 Å². The Kier molecular flexibility index (Phi) is 6.24. The molecule has 0 aromatic rings. The van der Waals surface area contributed by atoms with Gasteiger partial charge in [0.2, 0.25) is 0 Å². The van der Waals surface area contributed by atoms with Crippen molar-refractivity contribution in [1.29, 1.82) is 0 Å².